The number of aromatic nitrogens is 1. The Hall–Kier alpha value is -3.98. The Bertz CT molecular complexity index is 1520. The molecule has 0 fully saturated rings. The van der Waals surface area contributed by atoms with Crippen LogP contribution >= 0.6 is 11.3 Å². The Balaban J connectivity index is 1.80. The van der Waals surface area contributed by atoms with Gasteiger partial charge in [0, 0.05) is 0 Å². The number of carbonyl (C=O) groups is 2. The lowest BCUT2D eigenvalue weighted by Gasteiger charge is -2.22. The first-order valence-corrected chi connectivity index (χ1v) is 10.9. The average molecular weight is 462 g/mol. The molecule has 1 aliphatic heterocycles. The normalized spacial score (nSPS) is 15.2. The molecule has 2 aromatic carbocycles. The summed E-state index contributed by atoms with van der Waals surface area (Å²) in [6, 6.07) is 10.6. The van der Waals surface area contributed by atoms with Crippen molar-refractivity contribution in [2.45, 2.75) is 19.9 Å². The van der Waals surface area contributed by atoms with Crippen molar-refractivity contribution in [2.75, 3.05) is 12.0 Å². The average Bonchev–Trinajstić information content (AvgIpc) is 3.31. The molecule has 5 rings (SSSR count). The minimum atomic E-state index is -0.892. The number of aromatic hydroxyl groups is 1. The second-order valence-corrected chi connectivity index (χ2v) is 8.73. The lowest BCUT2D eigenvalue weighted by molar-refractivity contribution is 0.0605. The van der Waals surface area contributed by atoms with Crippen molar-refractivity contribution in [1.29, 1.82) is 0 Å². The Morgan fingerprint density at radius 2 is 1.97 bits per heavy atom. The van der Waals surface area contributed by atoms with Crippen LogP contribution in [0.15, 0.2) is 51.7 Å². The largest absolute Gasteiger partial charge is 0.508 e. The third-order valence-electron chi connectivity index (χ3n) is 5.57. The number of phenols is 1. The molecule has 0 saturated heterocycles. The number of hydrogen-bond acceptors (Lipinski definition) is 8. The molecule has 0 bridgehead atoms. The fourth-order valence-electron chi connectivity index (χ4n) is 4.06. The Morgan fingerprint density at radius 1 is 1.18 bits per heavy atom. The van der Waals surface area contributed by atoms with Crippen molar-refractivity contribution >= 4 is 39.3 Å². The molecule has 1 amide bonds. The van der Waals surface area contributed by atoms with Crippen LogP contribution in [0.5, 0.6) is 5.75 Å². The number of ether oxygens (including phenoxy) is 1. The van der Waals surface area contributed by atoms with E-state index in [-0.39, 0.29) is 32.5 Å². The maximum atomic E-state index is 13.6. The number of amides is 1. The Morgan fingerprint density at radius 3 is 2.70 bits per heavy atom. The first-order valence-electron chi connectivity index (χ1n) is 10.1. The minimum absolute atomic E-state index is 0.0139. The topological polar surface area (TPSA) is 110 Å². The smallest absolute Gasteiger partial charge is 0.350 e. The fraction of sp³-hybridized carbons (Fsp3) is 0.167. The number of anilines is 1. The lowest BCUT2D eigenvalue weighted by Crippen LogP contribution is -2.29. The van der Waals surface area contributed by atoms with Gasteiger partial charge in [0.2, 0.25) is 5.76 Å². The summed E-state index contributed by atoms with van der Waals surface area (Å²) in [6.45, 7) is 3.51. The van der Waals surface area contributed by atoms with E-state index in [0.29, 0.717) is 22.2 Å². The highest BCUT2D eigenvalue weighted by Gasteiger charge is 2.45. The van der Waals surface area contributed by atoms with Gasteiger partial charge in [-0.05, 0) is 43.7 Å². The fourth-order valence-corrected chi connectivity index (χ4v) is 5.07. The Kier molecular flexibility index (Phi) is 4.79. The number of aryl methyl sites for hydroxylation is 2. The van der Waals surface area contributed by atoms with Gasteiger partial charge in [0.1, 0.15) is 16.2 Å². The van der Waals surface area contributed by atoms with Crippen LogP contribution in [0.4, 0.5) is 5.13 Å². The van der Waals surface area contributed by atoms with Crippen molar-refractivity contribution < 1.29 is 23.8 Å². The molecule has 8 nitrogen and oxygen atoms in total. The first-order chi connectivity index (χ1) is 15.8. The summed E-state index contributed by atoms with van der Waals surface area (Å²) in [5, 5.41) is 10.7. The molecule has 3 heterocycles. The molecular formula is C24H18N2O6S. The number of esters is 1. The highest BCUT2D eigenvalue weighted by atomic mass is 32.1. The molecule has 0 saturated carbocycles. The number of benzene rings is 2. The number of fused-ring (bicyclic) bond motifs is 2. The van der Waals surface area contributed by atoms with Gasteiger partial charge in [0.25, 0.3) is 5.91 Å². The van der Waals surface area contributed by atoms with E-state index in [1.54, 1.807) is 37.3 Å². The molecule has 0 aliphatic carbocycles. The predicted octanol–water partition coefficient (Wildman–Crippen LogP) is 4.11. The first kappa shape index (κ1) is 20.9. The number of hydrogen-bond donors (Lipinski definition) is 1. The van der Waals surface area contributed by atoms with Gasteiger partial charge >= 0.3 is 5.97 Å². The number of methoxy groups -OCH3 is 1. The molecule has 9 heteroatoms. The maximum absolute atomic E-state index is 13.6. The van der Waals surface area contributed by atoms with E-state index in [1.165, 1.54) is 24.1 Å². The van der Waals surface area contributed by atoms with Gasteiger partial charge in [0.05, 0.1) is 29.8 Å². The van der Waals surface area contributed by atoms with Crippen LogP contribution in [0.3, 0.4) is 0 Å². The standard InChI is InChI=1S/C24H18N2O6S/c1-11-7-8-16-15(9-11)19(28)17-18(13-5-4-6-14(27)10-13)26(22(29)20(17)32-16)24-25-12(2)21(33-24)23(30)31-3/h4-10,18,27H,1-3H3/t18-/m0/s1. The van der Waals surface area contributed by atoms with Crippen molar-refractivity contribution in [1.82, 2.24) is 4.98 Å². The van der Waals surface area contributed by atoms with Gasteiger partial charge in [-0.3, -0.25) is 14.5 Å². The SMILES string of the molecule is COC(=O)c1sc(N2C(=O)c3oc4ccc(C)cc4c(=O)c3[C@@H]2c2cccc(O)c2)nc1C. The van der Waals surface area contributed by atoms with Crippen molar-refractivity contribution in [3.63, 3.8) is 0 Å². The van der Waals surface area contributed by atoms with Crippen LogP contribution in [0.25, 0.3) is 11.0 Å². The zero-order valence-corrected chi connectivity index (χ0v) is 18.7. The lowest BCUT2D eigenvalue weighted by atomic mass is 9.98. The van der Waals surface area contributed by atoms with E-state index in [2.05, 4.69) is 4.98 Å². The van der Waals surface area contributed by atoms with Crippen LogP contribution in [0, 0.1) is 13.8 Å². The zero-order valence-electron chi connectivity index (χ0n) is 17.9. The molecule has 0 unspecified atom stereocenters. The van der Waals surface area contributed by atoms with E-state index in [1.807, 2.05) is 6.92 Å². The van der Waals surface area contributed by atoms with Gasteiger partial charge in [-0.25, -0.2) is 9.78 Å². The molecule has 1 atom stereocenters. The molecular weight excluding hydrogens is 444 g/mol. The van der Waals surface area contributed by atoms with Crippen LogP contribution in [-0.2, 0) is 4.74 Å². The third-order valence-corrected chi connectivity index (χ3v) is 6.71. The summed E-state index contributed by atoms with van der Waals surface area (Å²) in [7, 11) is 1.27. The third kappa shape index (κ3) is 3.20. The van der Waals surface area contributed by atoms with E-state index in [4.69, 9.17) is 9.15 Å². The van der Waals surface area contributed by atoms with E-state index in [9.17, 15) is 19.5 Å². The molecule has 166 valence electrons. The maximum Gasteiger partial charge on any atom is 0.350 e. The highest BCUT2D eigenvalue weighted by molar-refractivity contribution is 7.17. The molecule has 4 aromatic rings. The van der Waals surface area contributed by atoms with Crippen molar-refractivity contribution in [2.24, 2.45) is 0 Å². The van der Waals surface area contributed by atoms with E-state index >= 15 is 0 Å². The summed E-state index contributed by atoms with van der Waals surface area (Å²) in [6.07, 6.45) is 0. The van der Waals surface area contributed by atoms with Gasteiger partial charge < -0.3 is 14.3 Å². The second kappa shape index (κ2) is 7.56. The van der Waals surface area contributed by atoms with Crippen LogP contribution < -0.4 is 10.3 Å². The summed E-state index contributed by atoms with van der Waals surface area (Å²) >= 11 is 0.992. The van der Waals surface area contributed by atoms with Crippen LogP contribution in [-0.4, -0.2) is 29.1 Å². The minimum Gasteiger partial charge on any atom is -0.508 e. The predicted molar refractivity (Wildman–Crippen MR) is 122 cm³/mol. The van der Waals surface area contributed by atoms with Crippen LogP contribution in [0.2, 0.25) is 0 Å². The second-order valence-electron chi connectivity index (χ2n) is 7.75. The molecule has 2 aromatic heterocycles. The quantitative estimate of drug-likeness (QED) is 0.456. The molecule has 1 aliphatic rings. The van der Waals surface area contributed by atoms with E-state index in [0.717, 1.165) is 16.9 Å². The van der Waals surface area contributed by atoms with Gasteiger partial charge in [-0.1, -0.05) is 35.1 Å². The Labute approximate surface area is 191 Å². The number of thiazole rings is 1. The number of nitrogens with zero attached hydrogens (tertiary/aromatic N) is 2. The highest BCUT2D eigenvalue weighted by Crippen LogP contribution is 2.43. The van der Waals surface area contributed by atoms with Gasteiger partial charge in [-0.15, -0.1) is 0 Å². The van der Waals surface area contributed by atoms with Crippen LogP contribution in [0.1, 0.15) is 48.7 Å². The number of phenolic OH excluding ortho intramolecular Hbond substituents is 1. The van der Waals surface area contributed by atoms with Crippen molar-refractivity contribution in [3.8, 4) is 5.75 Å². The summed E-state index contributed by atoms with van der Waals surface area (Å²) < 4.78 is 10.7. The van der Waals surface area contributed by atoms with Gasteiger partial charge in [-0.2, -0.15) is 0 Å². The number of carbonyl (C=O) groups excluding carboxylic acids is 2. The zero-order chi connectivity index (χ0) is 23.4. The summed E-state index contributed by atoms with van der Waals surface area (Å²) in [4.78, 5) is 45.3. The molecule has 0 spiro atoms. The molecule has 33 heavy (non-hydrogen) atoms. The molecule has 1 N–H and O–H groups in total. The number of rotatable bonds is 3. The monoisotopic (exact) mass is 462 g/mol. The molecule has 0 radical (unpaired) electrons. The van der Waals surface area contributed by atoms with E-state index < -0.39 is 17.9 Å². The van der Waals surface area contributed by atoms with Crippen molar-refractivity contribution in [3.05, 3.63) is 85.7 Å². The summed E-state index contributed by atoms with van der Waals surface area (Å²) in [5.41, 5.74) is 1.92. The summed E-state index contributed by atoms with van der Waals surface area (Å²) in [5.74, 6) is -1.22. The van der Waals surface area contributed by atoms with Gasteiger partial charge in [0.15, 0.2) is 10.6 Å².